The van der Waals surface area contributed by atoms with Gasteiger partial charge in [0.05, 0.1) is 5.69 Å². The summed E-state index contributed by atoms with van der Waals surface area (Å²) in [7, 11) is 2.13. The number of benzene rings is 1. The maximum atomic E-state index is 13.5. The van der Waals surface area contributed by atoms with Crippen molar-refractivity contribution in [2.45, 2.75) is 12.8 Å². The van der Waals surface area contributed by atoms with Gasteiger partial charge in [-0.1, -0.05) is 0 Å². The second-order valence-corrected chi connectivity index (χ2v) is 4.89. The summed E-state index contributed by atoms with van der Waals surface area (Å²) in [6.07, 6.45) is 2.45. The lowest BCUT2D eigenvalue weighted by Crippen LogP contribution is -2.35. The Morgan fingerprint density at radius 1 is 1.53 bits per heavy atom. The molecule has 0 radical (unpaired) electrons. The molecule has 1 saturated heterocycles. The van der Waals surface area contributed by atoms with Crippen LogP contribution in [-0.2, 0) is 0 Å². The average molecular weight is 237 g/mol. The molecule has 1 aliphatic rings. The zero-order valence-corrected chi connectivity index (χ0v) is 10.2. The standard InChI is InChI=1S/C13H20FN3/c1-17-6-2-3-10(9-17)8-16-13-5-4-11(15)7-12(13)14/h4-5,7,10,16H,2-3,6,8-9,15H2,1H3. The molecule has 0 spiro atoms. The van der Waals surface area contributed by atoms with E-state index in [9.17, 15) is 4.39 Å². The predicted molar refractivity (Wildman–Crippen MR) is 69.5 cm³/mol. The molecule has 1 heterocycles. The van der Waals surface area contributed by atoms with E-state index in [1.807, 2.05) is 0 Å². The van der Waals surface area contributed by atoms with Crippen LogP contribution in [0.25, 0.3) is 0 Å². The molecule has 4 heteroatoms. The van der Waals surface area contributed by atoms with Gasteiger partial charge >= 0.3 is 0 Å². The molecule has 0 bridgehead atoms. The number of piperidine rings is 1. The number of nitrogens with two attached hydrogens (primary N) is 1. The highest BCUT2D eigenvalue weighted by molar-refractivity contribution is 5.52. The Morgan fingerprint density at radius 2 is 2.35 bits per heavy atom. The van der Waals surface area contributed by atoms with Crippen LogP contribution in [0.1, 0.15) is 12.8 Å². The largest absolute Gasteiger partial charge is 0.399 e. The molecule has 1 unspecified atom stereocenters. The zero-order valence-electron chi connectivity index (χ0n) is 10.2. The number of nitrogens with zero attached hydrogens (tertiary/aromatic N) is 1. The van der Waals surface area contributed by atoms with Gasteiger partial charge in [-0.25, -0.2) is 4.39 Å². The minimum atomic E-state index is -0.269. The van der Waals surface area contributed by atoms with Crippen LogP contribution in [0.5, 0.6) is 0 Å². The van der Waals surface area contributed by atoms with Crippen LogP contribution in [0.3, 0.4) is 0 Å². The Hall–Kier alpha value is -1.29. The molecular weight excluding hydrogens is 217 g/mol. The molecule has 3 N–H and O–H groups in total. The molecule has 3 nitrogen and oxygen atoms in total. The van der Waals surface area contributed by atoms with Gasteiger partial charge in [0.25, 0.3) is 0 Å². The summed E-state index contributed by atoms with van der Waals surface area (Å²) in [6.45, 7) is 3.08. The summed E-state index contributed by atoms with van der Waals surface area (Å²) in [5.74, 6) is 0.333. The van der Waals surface area contributed by atoms with Gasteiger partial charge in [0.15, 0.2) is 0 Å². The third kappa shape index (κ3) is 3.33. The van der Waals surface area contributed by atoms with Gasteiger partial charge in [-0.3, -0.25) is 0 Å². The van der Waals surface area contributed by atoms with Gasteiger partial charge in [0.1, 0.15) is 5.82 Å². The normalized spacial score (nSPS) is 21.4. The topological polar surface area (TPSA) is 41.3 Å². The molecule has 0 aliphatic carbocycles. The summed E-state index contributed by atoms with van der Waals surface area (Å²) in [5, 5.41) is 3.17. The summed E-state index contributed by atoms with van der Waals surface area (Å²) in [4.78, 5) is 2.33. The summed E-state index contributed by atoms with van der Waals surface area (Å²) in [6, 6.07) is 4.78. The number of halogens is 1. The molecule has 1 aromatic rings. The fourth-order valence-electron chi connectivity index (χ4n) is 2.37. The number of nitrogens with one attached hydrogen (secondary N) is 1. The van der Waals surface area contributed by atoms with Crippen LogP contribution >= 0.6 is 0 Å². The average Bonchev–Trinajstić information content (AvgIpc) is 2.28. The van der Waals surface area contributed by atoms with Crippen LogP contribution < -0.4 is 11.1 Å². The number of likely N-dealkylation sites (tertiary alicyclic amines) is 1. The first-order chi connectivity index (χ1) is 8.15. The number of rotatable bonds is 3. The van der Waals surface area contributed by atoms with Gasteiger partial charge in [-0.15, -0.1) is 0 Å². The first-order valence-corrected chi connectivity index (χ1v) is 6.12. The minimum Gasteiger partial charge on any atom is -0.399 e. The van der Waals surface area contributed by atoms with Gasteiger partial charge in [0.2, 0.25) is 0 Å². The molecule has 0 saturated carbocycles. The highest BCUT2D eigenvalue weighted by Crippen LogP contribution is 2.19. The number of hydrogen-bond donors (Lipinski definition) is 2. The summed E-state index contributed by atoms with van der Waals surface area (Å²) < 4.78 is 13.5. The highest BCUT2D eigenvalue weighted by Gasteiger charge is 2.17. The predicted octanol–water partition coefficient (Wildman–Crippen LogP) is 2.16. The van der Waals surface area contributed by atoms with E-state index in [2.05, 4.69) is 17.3 Å². The molecule has 1 fully saturated rings. The zero-order chi connectivity index (χ0) is 12.3. The summed E-state index contributed by atoms with van der Waals surface area (Å²) >= 11 is 0. The van der Waals surface area contributed by atoms with Crippen molar-refractivity contribution in [2.75, 3.05) is 37.7 Å². The van der Waals surface area contributed by atoms with Crippen LogP contribution in [0.2, 0.25) is 0 Å². The maximum absolute atomic E-state index is 13.5. The third-order valence-corrected chi connectivity index (χ3v) is 3.30. The smallest absolute Gasteiger partial charge is 0.148 e. The van der Waals surface area contributed by atoms with Gasteiger partial charge < -0.3 is 16.0 Å². The molecule has 0 aromatic heterocycles. The number of nitrogen functional groups attached to an aromatic ring is 1. The van der Waals surface area contributed by atoms with E-state index in [1.165, 1.54) is 25.5 Å². The van der Waals surface area contributed by atoms with E-state index in [1.54, 1.807) is 12.1 Å². The second kappa shape index (κ2) is 5.36. The third-order valence-electron chi connectivity index (χ3n) is 3.30. The lowest BCUT2D eigenvalue weighted by Gasteiger charge is -2.30. The van der Waals surface area contributed by atoms with Gasteiger partial charge in [-0.05, 0) is 50.6 Å². The highest BCUT2D eigenvalue weighted by atomic mass is 19.1. The van der Waals surface area contributed by atoms with Crippen molar-refractivity contribution in [1.82, 2.24) is 4.90 Å². The Balaban J connectivity index is 1.88. The van der Waals surface area contributed by atoms with Crippen molar-refractivity contribution in [1.29, 1.82) is 0 Å². The Morgan fingerprint density at radius 3 is 3.06 bits per heavy atom. The quantitative estimate of drug-likeness (QED) is 0.792. The van der Waals surface area contributed by atoms with Crippen molar-refractivity contribution >= 4 is 11.4 Å². The first kappa shape index (κ1) is 12.2. The lowest BCUT2D eigenvalue weighted by atomic mass is 9.98. The molecular formula is C13H20FN3. The van der Waals surface area contributed by atoms with E-state index in [0.29, 0.717) is 17.3 Å². The van der Waals surface area contributed by atoms with Crippen LogP contribution in [0, 0.1) is 11.7 Å². The van der Waals surface area contributed by atoms with Crippen molar-refractivity contribution in [2.24, 2.45) is 5.92 Å². The second-order valence-electron chi connectivity index (χ2n) is 4.89. The van der Waals surface area contributed by atoms with Crippen LogP contribution in [-0.4, -0.2) is 31.6 Å². The maximum Gasteiger partial charge on any atom is 0.148 e. The molecule has 17 heavy (non-hydrogen) atoms. The van der Waals surface area contributed by atoms with Crippen molar-refractivity contribution in [3.05, 3.63) is 24.0 Å². The molecule has 1 aliphatic heterocycles. The molecule has 0 amide bonds. The van der Waals surface area contributed by atoms with E-state index in [4.69, 9.17) is 5.73 Å². The Labute approximate surface area is 102 Å². The number of hydrogen-bond acceptors (Lipinski definition) is 3. The van der Waals surface area contributed by atoms with E-state index < -0.39 is 0 Å². The fraction of sp³-hybridized carbons (Fsp3) is 0.538. The molecule has 2 rings (SSSR count). The first-order valence-electron chi connectivity index (χ1n) is 6.12. The lowest BCUT2D eigenvalue weighted by molar-refractivity contribution is 0.217. The van der Waals surface area contributed by atoms with Crippen molar-refractivity contribution in [3.63, 3.8) is 0 Å². The summed E-state index contributed by atoms with van der Waals surface area (Å²) in [5.41, 5.74) is 6.52. The SMILES string of the molecule is CN1CCCC(CNc2ccc(N)cc2F)C1. The van der Waals surface area contributed by atoms with Crippen LogP contribution in [0.4, 0.5) is 15.8 Å². The molecule has 1 atom stereocenters. The number of anilines is 2. The van der Waals surface area contributed by atoms with Gasteiger partial charge in [-0.2, -0.15) is 0 Å². The fourth-order valence-corrected chi connectivity index (χ4v) is 2.37. The van der Waals surface area contributed by atoms with E-state index >= 15 is 0 Å². The molecule has 94 valence electrons. The van der Waals surface area contributed by atoms with Crippen molar-refractivity contribution in [3.8, 4) is 0 Å². The van der Waals surface area contributed by atoms with Crippen LogP contribution in [0.15, 0.2) is 18.2 Å². The van der Waals surface area contributed by atoms with Crippen molar-refractivity contribution < 1.29 is 4.39 Å². The Kier molecular flexibility index (Phi) is 3.84. The van der Waals surface area contributed by atoms with E-state index in [0.717, 1.165) is 13.1 Å². The van der Waals surface area contributed by atoms with Gasteiger partial charge in [0, 0.05) is 18.8 Å². The monoisotopic (exact) mass is 237 g/mol. The minimum absolute atomic E-state index is 0.269. The van der Waals surface area contributed by atoms with E-state index in [-0.39, 0.29) is 5.82 Å². The molecule has 1 aromatic carbocycles. The Bertz CT molecular complexity index is 381.